The molecular formula is C19H21NO3. The Balaban J connectivity index is 1.67. The molecule has 3 rings (SSSR count). The van der Waals surface area contributed by atoms with E-state index >= 15 is 0 Å². The summed E-state index contributed by atoms with van der Waals surface area (Å²) in [5, 5.41) is 12.2. The van der Waals surface area contributed by atoms with Crippen LogP contribution < -0.4 is 10.1 Å². The lowest BCUT2D eigenvalue weighted by atomic mass is 10.0. The van der Waals surface area contributed by atoms with Gasteiger partial charge in [0.25, 0.3) is 5.91 Å². The number of rotatable bonds is 6. The number of benzene rings is 2. The second-order valence-corrected chi connectivity index (χ2v) is 5.76. The zero-order valence-corrected chi connectivity index (χ0v) is 12.9. The number of carbonyl (C=O) groups is 1. The van der Waals surface area contributed by atoms with Gasteiger partial charge in [-0.2, -0.15) is 0 Å². The number of hydrogen-bond donors (Lipinski definition) is 2. The molecule has 2 aromatic carbocycles. The molecular weight excluding hydrogens is 290 g/mol. The fourth-order valence-electron chi connectivity index (χ4n) is 2.90. The highest BCUT2D eigenvalue weighted by Gasteiger charge is 2.30. The van der Waals surface area contributed by atoms with Gasteiger partial charge in [-0.15, -0.1) is 0 Å². The van der Waals surface area contributed by atoms with Gasteiger partial charge in [-0.3, -0.25) is 4.79 Å². The number of nitrogens with one attached hydrogen (secondary N) is 1. The summed E-state index contributed by atoms with van der Waals surface area (Å²) in [4.78, 5) is 12.6. The summed E-state index contributed by atoms with van der Waals surface area (Å²) in [6, 6.07) is 17.5. The minimum Gasteiger partial charge on any atom is -0.480 e. The van der Waals surface area contributed by atoms with Crippen LogP contribution in [0.3, 0.4) is 0 Å². The Bertz CT molecular complexity index is 632. The highest BCUT2D eigenvalue weighted by molar-refractivity contribution is 5.83. The lowest BCUT2D eigenvalue weighted by molar-refractivity contribution is -0.128. The van der Waals surface area contributed by atoms with E-state index in [4.69, 9.17) is 9.84 Å². The van der Waals surface area contributed by atoms with E-state index in [0.29, 0.717) is 19.3 Å². The molecule has 0 aromatic heterocycles. The molecule has 0 saturated heterocycles. The first-order valence-electron chi connectivity index (χ1n) is 7.98. The Morgan fingerprint density at radius 1 is 1.17 bits per heavy atom. The van der Waals surface area contributed by atoms with Crippen molar-refractivity contribution >= 4 is 5.91 Å². The molecule has 23 heavy (non-hydrogen) atoms. The summed E-state index contributed by atoms with van der Waals surface area (Å²) in [7, 11) is 0. The van der Waals surface area contributed by atoms with Gasteiger partial charge in [-0.25, -0.2) is 0 Å². The smallest absolute Gasteiger partial charge is 0.261 e. The standard InChI is InChI=1S/C19H21NO3/c21-12-6-10-16(14-7-2-1-3-8-14)20-19(22)18-13-15-9-4-5-11-17(15)23-18/h1-5,7-9,11,16,18,21H,6,10,12-13H2,(H,20,22). The minimum atomic E-state index is -0.479. The maximum absolute atomic E-state index is 12.6. The van der Waals surface area contributed by atoms with Gasteiger partial charge in [-0.1, -0.05) is 48.5 Å². The number of carbonyl (C=O) groups excluding carboxylic acids is 1. The number of aliphatic hydroxyl groups is 1. The summed E-state index contributed by atoms with van der Waals surface area (Å²) in [5.41, 5.74) is 2.11. The van der Waals surface area contributed by atoms with E-state index in [9.17, 15) is 4.79 Å². The molecule has 120 valence electrons. The van der Waals surface area contributed by atoms with Crippen molar-refractivity contribution in [3.63, 3.8) is 0 Å². The summed E-state index contributed by atoms with van der Waals surface area (Å²) >= 11 is 0. The van der Waals surface area contributed by atoms with Crippen molar-refractivity contribution in [2.45, 2.75) is 31.4 Å². The third-order valence-corrected chi connectivity index (χ3v) is 4.11. The highest BCUT2D eigenvalue weighted by atomic mass is 16.5. The first-order valence-corrected chi connectivity index (χ1v) is 7.98. The maximum atomic E-state index is 12.6. The van der Waals surface area contributed by atoms with Gasteiger partial charge in [0.1, 0.15) is 5.75 Å². The summed E-state index contributed by atoms with van der Waals surface area (Å²) in [6.45, 7) is 0.116. The van der Waals surface area contributed by atoms with Gasteiger partial charge in [0.05, 0.1) is 6.04 Å². The molecule has 1 aliphatic rings. The van der Waals surface area contributed by atoms with Crippen LogP contribution in [0.15, 0.2) is 54.6 Å². The Morgan fingerprint density at radius 2 is 1.91 bits per heavy atom. The molecule has 1 heterocycles. The van der Waals surface area contributed by atoms with Crippen LogP contribution in [-0.2, 0) is 11.2 Å². The van der Waals surface area contributed by atoms with Crippen LogP contribution in [0.2, 0.25) is 0 Å². The second kappa shape index (κ2) is 7.29. The third-order valence-electron chi connectivity index (χ3n) is 4.11. The fourth-order valence-corrected chi connectivity index (χ4v) is 2.90. The number of fused-ring (bicyclic) bond motifs is 1. The van der Waals surface area contributed by atoms with Gasteiger partial charge >= 0.3 is 0 Å². The quantitative estimate of drug-likeness (QED) is 0.862. The predicted molar refractivity (Wildman–Crippen MR) is 88.2 cm³/mol. The van der Waals surface area contributed by atoms with E-state index in [1.165, 1.54) is 0 Å². The molecule has 0 aliphatic carbocycles. The van der Waals surface area contributed by atoms with E-state index in [1.807, 2.05) is 54.6 Å². The van der Waals surface area contributed by atoms with Gasteiger partial charge in [0.15, 0.2) is 6.10 Å². The van der Waals surface area contributed by atoms with Crippen LogP contribution in [0.4, 0.5) is 0 Å². The summed E-state index contributed by atoms with van der Waals surface area (Å²) in [6.07, 6.45) is 1.47. The molecule has 2 aromatic rings. The Labute approximate surface area is 136 Å². The van der Waals surface area contributed by atoms with Crippen molar-refractivity contribution in [1.29, 1.82) is 0 Å². The van der Waals surface area contributed by atoms with E-state index in [1.54, 1.807) is 0 Å². The van der Waals surface area contributed by atoms with Crippen LogP contribution >= 0.6 is 0 Å². The van der Waals surface area contributed by atoms with Crippen molar-refractivity contribution < 1.29 is 14.6 Å². The lowest BCUT2D eigenvalue weighted by Gasteiger charge is -2.21. The van der Waals surface area contributed by atoms with Crippen LogP contribution in [0, 0.1) is 0 Å². The average Bonchev–Trinajstić information content (AvgIpc) is 3.03. The monoisotopic (exact) mass is 311 g/mol. The van der Waals surface area contributed by atoms with Crippen LogP contribution in [0.1, 0.15) is 30.0 Å². The normalized spacial score (nSPS) is 17.2. The summed E-state index contributed by atoms with van der Waals surface area (Å²) < 4.78 is 5.75. The van der Waals surface area contributed by atoms with E-state index in [2.05, 4.69) is 5.32 Å². The third kappa shape index (κ3) is 3.71. The Hall–Kier alpha value is -2.33. The lowest BCUT2D eigenvalue weighted by Crippen LogP contribution is -2.39. The molecule has 4 nitrogen and oxygen atoms in total. The molecule has 2 atom stereocenters. The van der Waals surface area contributed by atoms with Gasteiger partial charge in [0, 0.05) is 13.0 Å². The van der Waals surface area contributed by atoms with Gasteiger partial charge in [0.2, 0.25) is 0 Å². The topological polar surface area (TPSA) is 58.6 Å². The van der Waals surface area contributed by atoms with Gasteiger partial charge < -0.3 is 15.2 Å². The molecule has 2 N–H and O–H groups in total. The van der Waals surface area contributed by atoms with Crippen LogP contribution in [0.5, 0.6) is 5.75 Å². The van der Waals surface area contributed by atoms with Gasteiger partial charge in [-0.05, 0) is 30.0 Å². The molecule has 0 fully saturated rings. The number of aliphatic hydroxyl groups excluding tert-OH is 1. The molecule has 1 aliphatic heterocycles. The predicted octanol–water partition coefficient (Wildman–Crippen LogP) is 2.62. The molecule has 0 spiro atoms. The van der Waals surface area contributed by atoms with Crippen molar-refractivity contribution in [3.8, 4) is 5.75 Å². The van der Waals surface area contributed by atoms with Crippen molar-refractivity contribution in [2.24, 2.45) is 0 Å². The maximum Gasteiger partial charge on any atom is 0.261 e. The van der Waals surface area contributed by atoms with E-state index in [-0.39, 0.29) is 18.6 Å². The van der Waals surface area contributed by atoms with Crippen molar-refractivity contribution in [2.75, 3.05) is 6.61 Å². The molecule has 0 radical (unpaired) electrons. The SMILES string of the molecule is O=C(NC(CCCO)c1ccccc1)C1Cc2ccccc2O1. The molecule has 2 unspecified atom stereocenters. The number of ether oxygens (including phenoxy) is 1. The molecule has 0 bridgehead atoms. The van der Waals surface area contributed by atoms with Crippen LogP contribution in [-0.4, -0.2) is 23.7 Å². The highest BCUT2D eigenvalue weighted by Crippen LogP contribution is 2.29. The number of para-hydroxylation sites is 1. The largest absolute Gasteiger partial charge is 0.480 e. The number of hydrogen-bond acceptors (Lipinski definition) is 3. The number of amides is 1. The minimum absolute atomic E-state index is 0.104. The zero-order valence-electron chi connectivity index (χ0n) is 12.9. The molecule has 4 heteroatoms. The average molecular weight is 311 g/mol. The zero-order chi connectivity index (χ0) is 16.1. The molecule has 1 amide bonds. The molecule has 0 saturated carbocycles. The Kier molecular flexibility index (Phi) is 4.93. The first kappa shape index (κ1) is 15.6. The summed E-state index contributed by atoms with van der Waals surface area (Å²) in [5.74, 6) is 0.687. The first-order chi connectivity index (χ1) is 11.3. The van der Waals surface area contributed by atoms with Crippen molar-refractivity contribution in [1.82, 2.24) is 5.32 Å². The Morgan fingerprint density at radius 3 is 2.65 bits per heavy atom. The fraction of sp³-hybridized carbons (Fsp3) is 0.316. The van der Waals surface area contributed by atoms with Crippen LogP contribution in [0.25, 0.3) is 0 Å². The van der Waals surface area contributed by atoms with E-state index < -0.39 is 6.10 Å². The van der Waals surface area contributed by atoms with E-state index in [0.717, 1.165) is 16.9 Å². The van der Waals surface area contributed by atoms with Crippen molar-refractivity contribution in [3.05, 3.63) is 65.7 Å². The second-order valence-electron chi connectivity index (χ2n) is 5.76.